The predicted octanol–water partition coefficient (Wildman–Crippen LogP) is -0.324. The molecule has 1 saturated heterocycles. The fourth-order valence-electron chi connectivity index (χ4n) is 2.80. The largest absolute Gasteiger partial charge is 0.484 e. The van der Waals surface area contributed by atoms with Gasteiger partial charge in [0.1, 0.15) is 6.61 Å². The molecular formula is C13H22N6O2. The Labute approximate surface area is 124 Å². The van der Waals surface area contributed by atoms with Gasteiger partial charge in [0.25, 0.3) is 0 Å². The third kappa shape index (κ3) is 2.81. The molecule has 21 heavy (non-hydrogen) atoms. The third-order valence-corrected chi connectivity index (χ3v) is 3.90. The second kappa shape index (κ2) is 5.90. The number of rotatable bonds is 4. The molecule has 0 amide bonds. The Bertz CT molecular complexity index is 512. The molecular weight excluding hydrogens is 272 g/mol. The number of fused-ring (bicyclic) bond motifs is 1. The summed E-state index contributed by atoms with van der Waals surface area (Å²) in [4.78, 5) is 10.8. The molecule has 0 aromatic carbocycles. The quantitative estimate of drug-likeness (QED) is 0.695. The number of hydrogen-bond donors (Lipinski definition) is 3. The Kier molecular flexibility index (Phi) is 3.98. The van der Waals surface area contributed by atoms with Gasteiger partial charge >= 0.3 is 0 Å². The smallest absolute Gasteiger partial charge is 0.224 e. The third-order valence-electron chi connectivity index (χ3n) is 3.90. The van der Waals surface area contributed by atoms with Crippen LogP contribution < -0.4 is 26.0 Å². The monoisotopic (exact) mass is 294 g/mol. The highest BCUT2D eigenvalue weighted by Gasteiger charge is 2.30. The van der Waals surface area contributed by atoms with Crippen LogP contribution in [0.3, 0.4) is 0 Å². The molecule has 1 aromatic heterocycles. The minimum atomic E-state index is 0.0771. The molecule has 1 aromatic rings. The van der Waals surface area contributed by atoms with Crippen LogP contribution in [0.25, 0.3) is 0 Å². The van der Waals surface area contributed by atoms with Crippen molar-refractivity contribution in [3.8, 4) is 5.75 Å². The van der Waals surface area contributed by atoms with Crippen molar-refractivity contribution in [2.45, 2.75) is 18.5 Å². The van der Waals surface area contributed by atoms with Gasteiger partial charge in [-0.25, -0.2) is 0 Å². The Morgan fingerprint density at radius 3 is 3.10 bits per heavy atom. The van der Waals surface area contributed by atoms with Crippen molar-refractivity contribution < 1.29 is 9.47 Å². The van der Waals surface area contributed by atoms with Gasteiger partial charge in [0.2, 0.25) is 11.7 Å². The van der Waals surface area contributed by atoms with Crippen molar-refractivity contribution in [3.63, 3.8) is 0 Å². The van der Waals surface area contributed by atoms with Crippen molar-refractivity contribution in [2.24, 2.45) is 0 Å². The summed E-state index contributed by atoms with van der Waals surface area (Å²) in [6.07, 6.45) is 1.08. The lowest BCUT2D eigenvalue weighted by Crippen LogP contribution is -2.37. The molecule has 2 atom stereocenters. The normalized spacial score (nSPS) is 24.4. The Morgan fingerprint density at radius 2 is 2.38 bits per heavy atom. The number of nitrogens with zero attached hydrogens (tertiary/aromatic N) is 3. The van der Waals surface area contributed by atoms with E-state index in [1.54, 1.807) is 7.11 Å². The summed E-state index contributed by atoms with van der Waals surface area (Å²) < 4.78 is 11.0. The highest BCUT2D eigenvalue weighted by Crippen LogP contribution is 2.37. The van der Waals surface area contributed by atoms with Crippen LogP contribution in [0, 0.1) is 0 Å². The standard InChI is InChI=1S/C13H22N6O2/c1-15-8-3-4-19(5-8)12-10-11(17-13(14)18-12)16-9(6-20-2)7-21-10/h8-9,15H,3-7H2,1-2H3,(H3,14,16,17,18)/t8-,9-/m1/s1. The minimum absolute atomic E-state index is 0.0771. The lowest BCUT2D eigenvalue weighted by Gasteiger charge is -2.29. The maximum absolute atomic E-state index is 5.87. The van der Waals surface area contributed by atoms with Crippen LogP contribution in [0.2, 0.25) is 0 Å². The highest BCUT2D eigenvalue weighted by atomic mass is 16.5. The summed E-state index contributed by atoms with van der Waals surface area (Å²) in [6, 6.07) is 0.544. The van der Waals surface area contributed by atoms with Gasteiger partial charge < -0.3 is 30.7 Å². The van der Waals surface area contributed by atoms with Gasteiger partial charge in [-0.3, -0.25) is 0 Å². The molecule has 1 fully saturated rings. The number of anilines is 3. The van der Waals surface area contributed by atoms with Crippen molar-refractivity contribution in [3.05, 3.63) is 0 Å². The first kappa shape index (κ1) is 14.2. The van der Waals surface area contributed by atoms with E-state index in [2.05, 4.69) is 25.5 Å². The summed E-state index contributed by atoms with van der Waals surface area (Å²) in [7, 11) is 3.64. The van der Waals surface area contributed by atoms with E-state index in [0.29, 0.717) is 30.8 Å². The van der Waals surface area contributed by atoms with E-state index in [0.717, 1.165) is 25.3 Å². The summed E-state index contributed by atoms with van der Waals surface area (Å²) in [5.74, 6) is 2.37. The second-order valence-electron chi connectivity index (χ2n) is 5.41. The summed E-state index contributed by atoms with van der Waals surface area (Å²) >= 11 is 0. The number of hydrogen-bond acceptors (Lipinski definition) is 8. The molecule has 4 N–H and O–H groups in total. The van der Waals surface area contributed by atoms with Crippen molar-refractivity contribution >= 4 is 17.6 Å². The molecule has 0 unspecified atom stereocenters. The Balaban J connectivity index is 1.86. The maximum Gasteiger partial charge on any atom is 0.224 e. The Morgan fingerprint density at radius 1 is 1.52 bits per heavy atom. The van der Waals surface area contributed by atoms with E-state index < -0.39 is 0 Å². The fourth-order valence-corrected chi connectivity index (χ4v) is 2.80. The van der Waals surface area contributed by atoms with Crippen LogP contribution >= 0.6 is 0 Å². The van der Waals surface area contributed by atoms with Crippen LogP contribution in [0.1, 0.15) is 6.42 Å². The van der Waals surface area contributed by atoms with E-state index in [1.165, 1.54) is 0 Å². The molecule has 8 nitrogen and oxygen atoms in total. The number of aromatic nitrogens is 2. The summed E-state index contributed by atoms with van der Waals surface area (Å²) in [5.41, 5.74) is 5.85. The molecule has 2 aliphatic rings. The first-order valence-electron chi connectivity index (χ1n) is 7.19. The average molecular weight is 294 g/mol. The molecule has 2 aliphatic heterocycles. The zero-order chi connectivity index (χ0) is 14.8. The molecule has 0 aliphatic carbocycles. The maximum atomic E-state index is 5.87. The molecule has 0 spiro atoms. The van der Waals surface area contributed by atoms with Crippen molar-refractivity contribution in [1.29, 1.82) is 0 Å². The topological polar surface area (TPSA) is 97.6 Å². The number of methoxy groups -OCH3 is 1. The van der Waals surface area contributed by atoms with Gasteiger partial charge in [-0.1, -0.05) is 0 Å². The van der Waals surface area contributed by atoms with Gasteiger partial charge in [0.05, 0.1) is 12.6 Å². The van der Waals surface area contributed by atoms with E-state index in [4.69, 9.17) is 15.2 Å². The first-order valence-corrected chi connectivity index (χ1v) is 7.19. The number of nitrogen functional groups attached to an aromatic ring is 1. The fraction of sp³-hybridized carbons (Fsp3) is 0.692. The van der Waals surface area contributed by atoms with E-state index in [-0.39, 0.29) is 12.0 Å². The molecule has 0 bridgehead atoms. The first-order chi connectivity index (χ1) is 10.2. The minimum Gasteiger partial charge on any atom is -0.484 e. The van der Waals surface area contributed by atoms with Gasteiger partial charge in [0, 0.05) is 26.2 Å². The van der Waals surface area contributed by atoms with Crippen LogP contribution in [-0.4, -0.2) is 62.5 Å². The predicted molar refractivity (Wildman–Crippen MR) is 80.9 cm³/mol. The Hall–Kier alpha value is -1.80. The molecule has 8 heteroatoms. The van der Waals surface area contributed by atoms with Crippen LogP contribution in [0.4, 0.5) is 17.6 Å². The molecule has 3 heterocycles. The summed E-state index contributed by atoms with van der Waals surface area (Å²) in [6.45, 7) is 2.91. The number of nitrogens with two attached hydrogens (primary N) is 1. The highest BCUT2D eigenvalue weighted by molar-refractivity contribution is 5.68. The van der Waals surface area contributed by atoms with Gasteiger partial charge in [-0.2, -0.15) is 9.97 Å². The van der Waals surface area contributed by atoms with Crippen LogP contribution in [-0.2, 0) is 4.74 Å². The summed E-state index contributed by atoms with van der Waals surface area (Å²) in [5, 5.41) is 6.60. The lowest BCUT2D eigenvalue weighted by atomic mass is 10.2. The van der Waals surface area contributed by atoms with Gasteiger partial charge in [0.15, 0.2) is 11.6 Å². The lowest BCUT2D eigenvalue weighted by molar-refractivity contribution is 0.154. The zero-order valence-corrected chi connectivity index (χ0v) is 12.4. The second-order valence-corrected chi connectivity index (χ2v) is 5.41. The molecule has 0 radical (unpaired) electrons. The van der Waals surface area contributed by atoms with Crippen molar-refractivity contribution in [2.75, 3.05) is 56.4 Å². The molecule has 3 rings (SSSR count). The van der Waals surface area contributed by atoms with Crippen LogP contribution in [0.15, 0.2) is 0 Å². The molecule has 0 saturated carbocycles. The number of nitrogens with one attached hydrogen (secondary N) is 2. The van der Waals surface area contributed by atoms with Gasteiger partial charge in [-0.15, -0.1) is 0 Å². The van der Waals surface area contributed by atoms with Crippen molar-refractivity contribution in [1.82, 2.24) is 15.3 Å². The SMILES string of the molecule is CN[C@@H]1CCN(c2nc(N)nc3c2OC[C@@H](COC)N3)C1. The number of likely N-dealkylation sites (N-methyl/N-ethyl adjacent to an activating group) is 1. The molecule has 116 valence electrons. The van der Waals surface area contributed by atoms with Gasteiger partial charge in [-0.05, 0) is 13.5 Å². The van der Waals surface area contributed by atoms with E-state index >= 15 is 0 Å². The zero-order valence-electron chi connectivity index (χ0n) is 12.4. The van der Waals surface area contributed by atoms with E-state index in [9.17, 15) is 0 Å². The number of ether oxygens (including phenoxy) is 2. The average Bonchev–Trinajstić information content (AvgIpc) is 2.95. The van der Waals surface area contributed by atoms with E-state index in [1.807, 2.05) is 7.05 Å². The van der Waals surface area contributed by atoms with Crippen LogP contribution in [0.5, 0.6) is 5.75 Å².